The van der Waals surface area contributed by atoms with Crippen molar-refractivity contribution in [1.29, 1.82) is 0 Å². The molecule has 0 aromatic heterocycles. The van der Waals surface area contributed by atoms with E-state index in [4.69, 9.17) is 0 Å². The monoisotopic (exact) mass is 254 g/mol. The maximum atomic E-state index is 9.64. The molecular formula is C17H34O. The summed E-state index contributed by atoms with van der Waals surface area (Å²) >= 11 is 0. The van der Waals surface area contributed by atoms with Crippen LogP contribution in [0.1, 0.15) is 96.8 Å². The van der Waals surface area contributed by atoms with Crippen molar-refractivity contribution in [3.05, 3.63) is 0 Å². The van der Waals surface area contributed by atoms with Gasteiger partial charge in [-0.3, -0.25) is 0 Å². The molecule has 0 saturated heterocycles. The normalized spacial score (nSPS) is 19.0. The summed E-state index contributed by atoms with van der Waals surface area (Å²) in [5.74, 6) is 0. The quantitative estimate of drug-likeness (QED) is 0.513. The summed E-state index contributed by atoms with van der Waals surface area (Å²) in [5, 5.41) is 9.64. The van der Waals surface area contributed by atoms with Crippen LogP contribution in [0.2, 0.25) is 0 Å². The Morgan fingerprint density at radius 1 is 0.778 bits per heavy atom. The van der Waals surface area contributed by atoms with Crippen LogP contribution in [0.15, 0.2) is 0 Å². The lowest BCUT2D eigenvalue weighted by Crippen LogP contribution is -2.28. The Morgan fingerprint density at radius 2 is 1.33 bits per heavy atom. The maximum absolute atomic E-state index is 9.64. The van der Waals surface area contributed by atoms with Crippen LogP contribution < -0.4 is 0 Å². The molecule has 1 rings (SSSR count). The molecule has 0 atom stereocenters. The van der Waals surface area contributed by atoms with E-state index in [1.54, 1.807) is 0 Å². The van der Waals surface area contributed by atoms with Crippen LogP contribution in [0, 0.1) is 5.41 Å². The highest BCUT2D eigenvalue weighted by Gasteiger charge is 2.30. The summed E-state index contributed by atoms with van der Waals surface area (Å²) in [6.07, 6.45) is 19.1. The fourth-order valence-corrected chi connectivity index (χ4v) is 3.42. The summed E-state index contributed by atoms with van der Waals surface area (Å²) < 4.78 is 0. The predicted molar refractivity (Wildman–Crippen MR) is 79.8 cm³/mol. The van der Waals surface area contributed by atoms with E-state index in [-0.39, 0.29) is 0 Å². The summed E-state index contributed by atoms with van der Waals surface area (Å²) in [4.78, 5) is 0. The van der Waals surface area contributed by atoms with Crippen LogP contribution in [0.3, 0.4) is 0 Å². The molecular weight excluding hydrogens is 220 g/mol. The van der Waals surface area contributed by atoms with E-state index in [1.165, 1.54) is 89.9 Å². The third kappa shape index (κ3) is 6.22. The number of hydrogen-bond acceptors (Lipinski definition) is 1. The van der Waals surface area contributed by atoms with E-state index in [0.29, 0.717) is 12.0 Å². The number of hydrogen-bond donors (Lipinski definition) is 1. The second kappa shape index (κ2) is 9.83. The van der Waals surface area contributed by atoms with Crippen LogP contribution in [0.4, 0.5) is 0 Å². The van der Waals surface area contributed by atoms with Gasteiger partial charge in [-0.15, -0.1) is 0 Å². The highest BCUT2D eigenvalue weighted by Crippen LogP contribution is 2.40. The van der Waals surface area contributed by atoms with Crippen molar-refractivity contribution in [2.24, 2.45) is 5.41 Å². The molecule has 1 aliphatic carbocycles. The molecule has 0 unspecified atom stereocenters. The number of aliphatic hydroxyl groups is 1. The molecule has 0 bridgehead atoms. The molecule has 0 heterocycles. The van der Waals surface area contributed by atoms with Gasteiger partial charge in [0.2, 0.25) is 0 Å². The van der Waals surface area contributed by atoms with E-state index in [9.17, 15) is 5.11 Å². The summed E-state index contributed by atoms with van der Waals surface area (Å²) in [6, 6.07) is 0. The number of aliphatic hydroxyl groups excluding tert-OH is 1. The largest absolute Gasteiger partial charge is 0.396 e. The van der Waals surface area contributed by atoms with E-state index >= 15 is 0 Å². The zero-order valence-corrected chi connectivity index (χ0v) is 12.6. The summed E-state index contributed by atoms with van der Waals surface area (Å²) in [6.45, 7) is 2.71. The Bertz CT molecular complexity index is 182. The van der Waals surface area contributed by atoms with Crippen molar-refractivity contribution < 1.29 is 5.11 Å². The van der Waals surface area contributed by atoms with Gasteiger partial charge in [-0.2, -0.15) is 0 Å². The van der Waals surface area contributed by atoms with Gasteiger partial charge in [0.15, 0.2) is 0 Å². The highest BCUT2D eigenvalue weighted by molar-refractivity contribution is 4.82. The molecule has 18 heavy (non-hydrogen) atoms. The minimum atomic E-state index is 0.320. The maximum Gasteiger partial charge on any atom is 0.0487 e. The van der Waals surface area contributed by atoms with Crippen molar-refractivity contribution in [3.63, 3.8) is 0 Å². The second-order valence-corrected chi connectivity index (χ2v) is 6.44. The molecule has 0 aliphatic heterocycles. The Labute approximate surface area is 114 Å². The van der Waals surface area contributed by atoms with Gasteiger partial charge in [0.1, 0.15) is 0 Å². The van der Waals surface area contributed by atoms with E-state index < -0.39 is 0 Å². The molecule has 0 amide bonds. The van der Waals surface area contributed by atoms with E-state index in [0.717, 1.165) is 0 Å². The Morgan fingerprint density at radius 3 is 1.89 bits per heavy atom. The topological polar surface area (TPSA) is 20.2 Å². The average molecular weight is 254 g/mol. The molecule has 0 spiro atoms. The smallest absolute Gasteiger partial charge is 0.0487 e. The van der Waals surface area contributed by atoms with Crippen molar-refractivity contribution in [2.45, 2.75) is 96.8 Å². The first kappa shape index (κ1) is 16.0. The molecule has 0 radical (unpaired) electrons. The Balaban J connectivity index is 1.98. The SMILES string of the molecule is CCCCCCCCCCC1(CO)CCCCC1. The molecule has 1 nitrogen and oxygen atoms in total. The van der Waals surface area contributed by atoms with Crippen LogP contribution in [0.5, 0.6) is 0 Å². The van der Waals surface area contributed by atoms with Gasteiger partial charge in [-0.25, -0.2) is 0 Å². The minimum Gasteiger partial charge on any atom is -0.396 e. The summed E-state index contributed by atoms with van der Waals surface area (Å²) in [7, 11) is 0. The molecule has 0 aromatic rings. The standard InChI is InChI=1S/C17H34O/c1-2-3-4-5-6-7-8-10-13-17(16-18)14-11-9-12-15-17/h18H,2-16H2,1H3. The molecule has 1 saturated carbocycles. The molecule has 1 aliphatic rings. The Kier molecular flexibility index (Phi) is 8.75. The zero-order chi connectivity index (χ0) is 13.1. The lowest BCUT2D eigenvalue weighted by Gasteiger charge is -2.35. The van der Waals surface area contributed by atoms with Crippen LogP contribution in [0.25, 0.3) is 0 Å². The lowest BCUT2D eigenvalue weighted by atomic mass is 9.71. The third-order valence-corrected chi connectivity index (χ3v) is 4.81. The minimum absolute atomic E-state index is 0.320. The average Bonchev–Trinajstić information content (AvgIpc) is 2.43. The van der Waals surface area contributed by atoms with Crippen molar-refractivity contribution in [1.82, 2.24) is 0 Å². The van der Waals surface area contributed by atoms with Gasteiger partial charge < -0.3 is 5.11 Å². The highest BCUT2D eigenvalue weighted by atomic mass is 16.3. The van der Waals surface area contributed by atoms with E-state index in [1.807, 2.05) is 0 Å². The van der Waals surface area contributed by atoms with E-state index in [2.05, 4.69) is 6.92 Å². The fraction of sp³-hybridized carbons (Fsp3) is 1.00. The van der Waals surface area contributed by atoms with Crippen LogP contribution >= 0.6 is 0 Å². The molecule has 1 fully saturated rings. The predicted octanol–water partition coefficient (Wildman–Crippen LogP) is 5.46. The van der Waals surface area contributed by atoms with Crippen LogP contribution in [-0.2, 0) is 0 Å². The zero-order valence-electron chi connectivity index (χ0n) is 12.6. The first-order valence-electron chi connectivity index (χ1n) is 8.44. The van der Waals surface area contributed by atoms with Gasteiger partial charge in [0, 0.05) is 6.61 Å². The lowest BCUT2D eigenvalue weighted by molar-refractivity contribution is 0.0706. The van der Waals surface area contributed by atoms with Crippen LogP contribution in [-0.4, -0.2) is 11.7 Å². The fourth-order valence-electron chi connectivity index (χ4n) is 3.42. The van der Waals surface area contributed by atoms with Crippen molar-refractivity contribution in [3.8, 4) is 0 Å². The molecule has 0 aromatic carbocycles. The number of rotatable bonds is 10. The Hall–Kier alpha value is -0.0400. The molecule has 1 heteroatoms. The first-order chi connectivity index (χ1) is 8.83. The van der Waals surface area contributed by atoms with Gasteiger partial charge in [-0.1, -0.05) is 77.6 Å². The van der Waals surface area contributed by atoms with Gasteiger partial charge >= 0.3 is 0 Å². The molecule has 1 N–H and O–H groups in total. The summed E-state index contributed by atoms with van der Waals surface area (Å²) in [5.41, 5.74) is 0.320. The molecule has 108 valence electrons. The van der Waals surface area contributed by atoms with Gasteiger partial charge in [0.25, 0.3) is 0 Å². The van der Waals surface area contributed by atoms with Gasteiger partial charge in [-0.05, 0) is 24.7 Å². The second-order valence-electron chi connectivity index (χ2n) is 6.44. The van der Waals surface area contributed by atoms with Crippen molar-refractivity contribution >= 4 is 0 Å². The number of unbranched alkanes of at least 4 members (excludes halogenated alkanes) is 7. The third-order valence-electron chi connectivity index (χ3n) is 4.81. The van der Waals surface area contributed by atoms with Gasteiger partial charge in [0.05, 0.1) is 0 Å². The first-order valence-corrected chi connectivity index (χ1v) is 8.44. The van der Waals surface area contributed by atoms with Crippen molar-refractivity contribution in [2.75, 3.05) is 6.61 Å².